The van der Waals surface area contributed by atoms with Crippen molar-refractivity contribution in [3.63, 3.8) is 0 Å². The van der Waals surface area contributed by atoms with E-state index in [1.54, 1.807) is 0 Å². The van der Waals surface area contributed by atoms with Gasteiger partial charge < -0.3 is 10.8 Å². The average molecular weight is 99.2 g/mol. The molecule has 0 saturated carbocycles. The molecular formula is C2H6KNO. The van der Waals surface area contributed by atoms with Crippen LogP contribution in [-0.4, -0.2) is 6.23 Å². The van der Waals surface area contributed by atoms with Gasteiger partial charge in [0.1, 0.15) is 0 Å². The molecule has 2 N–H and O–H groups in total. The molecule has 0 saturated heterocycles. The molecule has 3 heteroatoms. The molecule has 0 amide bonds. The van der Waals surface area contributed by atoms with Gasteiger partial charge in [-0.25, -0.2) is 0 Å². The summed E-state index contributed by atoms with van der Waals surface area (Å²) in [6, 6.07) is 0. The van der Waals surface area contributed by atoms with Gasteiger partial charge >= 0.3 is 51.4 Å². The van der Waals surface area contributed by atoms with Crippen LogP contribution in [0.1, 0.15) is 6.92 Å². The molecular weight excluding hydrogens is 93.1 g/mol. The Labute approximate surface area is 74.2 Å². The zero-order chi connectivity index (χ0) is 3.58. The fraction of sp³-hybridized carbons (Fsp3) is 1.00. The maximum absolute atomic E-state index is 9.31. The Kier molecular flexibility index (Phi) is 10.8. The molecule has 2 nitrogen and oxygen atoms in total. The van der Waals surface area contributed by atoms with Crippen LogP contribution in [0.15, 0.2) is 0 Å². The first kappa shape index (κ1) is 9.75. The largest absolute Gasteiger partial charge is 1.00 e. The molecule has 0 aromatic rings. The van der Waals surface area contributed by atoms with Gasteiger partial charge in [0.15, 0.2) is 0 Å². The number of nitrogens with two attached hydrogens (primary N) is 1. The van der Waals surface area contributed by atoms with Crippen molar-refractivity contribution in [3.05, 3.63) is 0 Å². The predicted molar refractivity (Wildman–Crippen MR) is 13.6 cm³/mol. The van der Waals surface area contributed by atoms with Crippen molar-refractivity contribution in [2.75, 3.05) is 0 Å². The van der Waals surface area contributed by atoms with Crippen LogP contribution >= 0.6 is 0 Å². The van der Waals surface area contributed by atoms with Crippen LogP contribution in [0.4, 0.5) is 0 Å². The quantitative estimate of drug-likeness (QED) is 0.246. The first-order valence-electron chi connectivity index (χ1n) is 1.15. The minimum atomic E-state index is -0.917. The monoisotopic (exact) mass is 99.0 g/mol. The molecule has 0 fully saturated rings. The molecule has 0 aliphatic heterocycles. The van der Waals surface area contributed by atoms with Gasteiger partial charge in [-0.05, 0) is 0 Å². The molecule has 0 rings (SSSR count). The van der Waals surface area contributed by atoms with E-state index in [1.807, 2.05) is 0 Å². The third-order valence-electron chi connectivity index (χ3n) is 0. The summed E-state index contributed by atoms with van der Waals surface area (Å²) < 4.78 is 0. The Balaban J connectivity index is 0. The van der Waals surface area contributed by atoms with Crippen molar-refractivity contribution >= 4 is 0 Å². The molecule has 0 aromatic heterocycles. The Bertz CT molecular complexity index is 14.4. The van der Waals surface area contributed by atoms with Crippen LogP contribution in [-0.2, 0) is 0 Å². The first-order valence-corrected chi connectivity index (χ1v) is 1.15. The normalized spacial score (nSPS) is 12.6. The van der Waals surface area contributed by atoms with E-state index < -0.39 is 6.23 Å². The molecule has 0 aliphatic carbocycles. The van der Waals surface area contributed by atoms with Crippen molar-refractivity contribution < 1.29 is 56.5 Å². The maximum Gasteiger partial charge on any atom is 1.00 e. The van der Waals surface area contributed by atoms with Gasteiger partial charge in [-0.2, -0.15) is 0 Å². The van der Waals surface area contributed by atoms with Crippen molar-refractivity contribution in [2.45, 2.75) is 13.2 Å². The van der Waals surface area contributed by atoms with Crippen molar-refractivity contribution in [3.8, 4) is 0 Å². The molecule has 0 spiro atoms. The van der Waals surface area contributed by atoms with Gasteiger partial charge in [0.25, 0.3) is 0 Å². The van der Waals surface area contributed by atoms with Crippen LogP contribution in [0.25, 0.3) is 0 Å². The van der Waals surface area contributed by atoms with E-state index in [9.17, 15) is 5.11 Å². The molecule has 1 unspecified atom stereocenters. The van der Waals surface area contributed by atoms with Gasteiger partial charge in [-0.15, -0.1) is 0 Å². The van der Waals surface area contributed by atoms with E-state index in [1.165, 1.54) is 6.92 Å². The minimum Gasteiger partial charge on any atom is -0.841 e. The fourth-order valence-electron chi connectivity index (χ4n) is 0. The Morgan fingerprint density at radius 3 is 1.80 bits per heavy atom. The van der Waals surface area contributed by atoms with Gasteiger partial charge in [0, 0.05) is 0 Å². The molecule has 0 bridgehead atoms. The minimum absolute atomic E-state index is 0. The average Bonchev–Trinajstić information content (AvgIpc) is 0.811. The fourth-order valence-corrected chi connectivity index (χ4v) is 0. The molecule has 5 heavy (non-hydrogen) atoms. The van der Waals surface area contributed by atoms with Gasteiger partial charge in [-0.1, -0.05) is 13.2 Å². The smallest absolute Gasteiger partial charge is 0.841 e. The van der Waals surface area contributed by atoms with E-state index in [0.29, 0.717) is 0 Å². The number of hydrogen-bond acceptors (Lipinski definition) is 2. The summed E-state index contributed by atoms with van der Waals surface area (Å²) in [7, 11) is 0. The summed E-state index contributed by atoms with van der Waals surface area (Å²) >= 11 is 0. The summed E-state index contributed by atoms with van der Waals surface area (Å²) in [5, 5.41) is 9.31. The van der Waals surface area contributed by atoms with Gasteiger partial charge in [0.2, 0.25) is 0 Å². The standard InChI is InChI=1S/C2H6NO.K/c1-2(3)4;/h2H,3H2,1H3;/q-1;+1. The summed E-state index contributed by atoms with van der Waals surface area (Å²) in [5.41, 5.74) is 4.56. The predicted octanol–water partition coefficient (Wildman–Crippen LogP) is -4.34. The van der Waals surface area contributed by atoms with E-state index in [0.717, 1.165) is 0 Å². The second kappa shape index (κ2) is 5.56. The van der Waals surface area contributed by atoms with Crippen LogP contribution < -0.4 is 62.2 Å². The van der Waals surface area contributed by atoms with Crippen LogP contribution in [0.3, 0.4) is 0 Å². The van der Waals surface area contributed by atoms with E-state index in [2.05, 4.69) is 5.73 Å². The topological polar surface area (TPSA) is 49.1 Å². The molecule has 0 aliphatic rings. The molecule has 0 radical (unpaired) electrons. The summed E-state index contributed by atoms with van der Waals surface area (Å²) in [6.07, 6.45) is -0.917. The summed E-state index contributed by atoms with van der Waals surface area (Å²) in [4.78, 5) is 0. The Hall–Kier alpha value is 1.56. The van der Waals surface area contributed by atoms with Gasteiger partial charge in [0.05, 0.1) is 0 Å². The third-order valence-corrected chi connectivity index (χ3v) is 0. The molecule has 0 heterocycles. The van der Waals surface area contributed by atoms with Crippen LogP contribution in [0.5, 0.6) is 0 Å². The molecule has 26 valence electrons. The van der Waals surface area contributed by atoms with Crippen molar-refractivity contribution in [2.24, 2.45) is 5.73 Å². The first-order chi connectivity index (χ1) is 1.73. The summed E-state index contributed by atoms with van der Waals surface area (Å²) in [6.45, 7) is 1.39. The second-order valence-electron chi connectivity index (χ2n) is 0.705. The third kappa shape index (κ3) is 29.0. The van der Waals surface area contributed by atoms with Crippen LogP contribution in [0.2, 0.25) is 0 Å². The SMILES string of the molecule is CC(N)[O-].[K+]. The Morgan fingerprint density at radius 2 is 1.80 bits per heavy atom. The molecule has 1 atom stereocenters. The number of rotatable bonds is 0. The maximum atomic E-state index is 9.31. The van der Waals surface area contributed by atoms with Crippen LogP contribution in [0, 0.1) is 0 Å². The number of hydrogen-bond donors (Lipinski definition) is 1. The molecule has 0 aromatic carbocycles. The van der Waals surface area contributed by atoms with E-state index in [-0.39, 0.29) is 51.4 Å². The van der Waals surface area contributed by atoms with Crippen molar-refractivity contribution in [1.29, 1.82) is 0 Å². The van der Waals surface area contributed by atoms with Gasteiger partial charge in [-0.3, -0.25) is 0 Å². The van der Waals surface area contributed by atoms with E-state index in [4.69, 9.17) is 0 Å². The Morgan fingerprint density at radius 1 is 1.80 bits per heavy atom. The zero-order valence-electron chi connectivity index (χ0n) is 3.56. The second-order valence-corrected chi connectivity index (χ2v) is 0.705. The zero-order valence-corrected chi connectivity index (χ0v) is 6.69. The summed E-state index contributed by atoms with van der Waals surface area (Å²) in [5.74, 6) is 0. The van der Waals surface area contributed by atoms with Crippen molar-refractivity contribution in [1.82, 2.24) is 0 Å². The van der Waals surface area contributed by atoms with E-state index >= 15 is 0 Å².